The number of hydrogen-bond acceptors (Lipinski definition) is 7. The maximum Gasteiger partial charge on any atom is 0.329 e. The fraction of sp³-hybridized carbons (Fsp3) is 0.385. The van der Waals surface area contributed by atoms with Gasteiger partial charge in [-0.25, -0.2) is 9.78 Å². The lowest BCUT2D eigenvalue weighted by molar-refractivity contribution is -0.152. The number of esters is 1. The molecule has 7 nitrogen and oxygen atoms in total. The molecule has 1 amide bonds. The summed E-state index contributed by atoms with van der Waals surface area (Å²) >= 11 is 1.57. The molecule has 2 aromatic heterocycles. The molecule has 0 saturated heterocycles. The molecule has 3 heterocycles. The molecule has 176 valence electrons. The first-order valence-corrected chi connectivity index (χ1v) is 12.5. The first-order valence-electron chi connectivity index (χ1n) is 11.7. The van der Waals surface area contributed by atoms with Gasteiger partial charge in [0.25, 0.3) is 5.91 Å². The van der Waals surface area contributed by atoms with Crippen LogP contribution in [0.5, 0.6) is 5.75 Å². The Morgan fingerprint density at radius 1 is 1.21 bits per heavy atom. The minimum atomic E-state index is -0.743. The molecule has 0 radical (unpaired) electrons. The molecule has 5 rings (SSSR count). The molecular formula is C26H27N3O4S. The van der Waals surface area contributed by atoms with E-state index in [0.29, 0.717) is 11.4 Å². The van der Waals surface area contributed by atoms with Gasteiger partial charge in [-0.2, -0.15) is 0 Å². The molecule has 1 saturated carbocycles. The normalized spacial score (nSPS) is 17.1. The molecule has 1 unspecified atom stereocenters. The fourth-order valence-electron chi connectivity index (χ4n) is 4.56. The Balaban J connectivity index is 1.44. The van der Waals surface area contributed by atoms with E-state index in [2.05, 4.69) is 4.98 Å². The average molecular weight is 478 g/mol. The number of rotatable bonds is 5. The number of amides is 1. The summed E-state index contributed by atoms with van der Waals surface area (Å²) in [5.41, 5.74) is 3.06. The van der Waals surface area contributed by atoms with Gasteiger partial charge >= 0.3 is 5.97 Å². The fourth-order valence-corrected chi connectivity index (χ4v) is 5.47. The van der Waals surface area contributed by atoms with Gasteiger partial charge in [0.05, 0.1) is 17.1 Å². The zero-order valence-electron chi connectivity index (χ0n) is 19.3. The zero-order chi connectivity index (χ0) is 23.7. The van der Waals surface area contributed by atoms with E-state index in [9.17, 15) is 9.59 Å². The number of nitrogens with zero attached hydrogens (tertiary/aromatic N) is 3. The number of ether oxygens (including phenoxy) is 2. The van der Waals surface area contributed by atoms with Crippen molar-refractivity contribution in [3.63, 3.8) is 0 Å². The van der Waals surface area contributed by atoms with Gasteiger partial charge in [-0.1, -0.05) is 12.5 Å². The summed E-state index contributed by atoms with van der Waals surface area (Å²) in [6, 6.07) is 10.6. The highest BCUT2D eigenvalue weighted by Crippen LogP contribution is 2.40. The number of aromatic nitrogens is 2. The Hall–Kier alpha value is -3.26. The number of hydrogen-bond donors (Lipinski definition) is 0. The van der Waals surface area contributed by atoms with E-state index < -0.39 is 6.04 Å². The number of benzene rings is 1. The molecule has 1 atom stereocenters. The summed E-state index contributed by atoms with van der Waals surface area (Å²) in [5, 5.41) is 0.833. The highest BCUT2D eigenvalue weighted by atomic mass is 32.1. The van der Waals surface area contributed by atoms with Crippen molar-refractivity contribution in [1.82, 2.24) is 9.97 Å². The van der Waals surface area contributed by atoms with E-state index >= 15 is 0 Å². The molecule has 2 aliphatic rings. The minimum Gasteiger partial charge on any atom is -0.482 e. The molecule has 0 spiro atoms. The standard InChI is InChI=1S/C26H27N3O4S/c1-16(26(31)33-19-8-4-3-5-9-19)29-21-14-18(11-12-22(21)32-15-23(29)30)24-17(2)34-25(28-24)20-10-6-7-13-27-20/h6-7,10-14,16,19H,3-5,8-9,15H2,1-2H3. The summed E-state index contributed by atoms with van der Waals surface area (Å²) in [5.74, 6) is -0.0683. The van der Waals surface area contributed by atoms with Crippen molar-refractivity contribution < 1.29 is 19.1 Å². The largest absolute Gasteiger partial charge is 0.482 e. The molecule has 1 aliphatic heterocycles. The van der Waals surface area contributed by atoms with Gasteiger partial charge in [-0.05, 0) is 69.9 Å². The Morgan fingerprint density at radius 3 is 2.79 bits per heavy atom. The topological polar surface area (TPSA) is 81.6 Å². The Bertz CT molecular complexity index is 1200. The predicted octanol–water partition coefficient (Wildman–Crippen LogP) is 5.17. The van der Waals surface area contributed by atoms with Crippen LogP contribution in [-0.2, 0) is 14.3 Å². The second-order valence-corrected chi connectivity index (χ2v) is 9.95. The van der Waals surface area contributed by atoms with Crippen molar-refractivity contribution in [2.24, 2.45) is 0 Å². The highest BCUT2D eigenvalue weighted by molar-refractivity contribution is 7.15. The smallest absolute Gasteiger partial charge is 0.329 e. The molecule has 8 heteroatoms. The maximum atomic E-state index is 13.0. The molecule has 0 N–H and O–H groups in total. The number of anilines is 1. The quantitative estimate of drug-likeness (QED) is 0.472. The van der Waals surface area contributed by atoms with E-state index in [1.165, 1.54) is 11.3 Å². The molecule has 1 aliphatic carbocycles. The van der Waals surface area contributed by atoms with Crippen LogP contribution in [-0.4, -0.2) is 40.6 Å². The maximum absolute atomic E-state index is 13.0. The van der Waals surface area contributed by atoms with Crippen molar-refractivity contribution in [3.8, 4) is 27.7 Å². The highest BCUT2D eigenvalue weighted by Gasteiger charge is 2.35. The van der Waals surface area contributed by atoms with E-state index in [1.54, 1.807) is 24.5 Å². The third-order valence-corrected chi connectivity index (χ3v) is 7.35. The van der Waals surface area contributed by atoms with Crippen LogP contribution in [0.25, 0.3) is 22.0 Å². The van der Waals surface area contributed by atoms with Crippen LogP contribution in [0.15, 0.2) is 42.6 Å². The van der Waals surface area contributed by atoms with Gasteiger partial charge in [-0.3, -0.25) is 14.7 Å². The number of carbonyl (C=O) groups is 2. The van der Waals surface area contributed by atoms with E-state index in [-0.39, 0.29) is 24.6 Å². The lowest BCUT2D eigenvalue weighted by Crippen LogP contribution is -2.49. The summed E-state index contributed by atoms with van der Waals surface area (Å²) in [7, 11) is 0. The number of aryl methyl sites for hydroxylation is 1. The van der Waals surface area contributed by atoms with Crippen LogP contribution in [0.4, 0.5) is 5.69 Å². The van der Waals surface area contributed by atoms with Gasteiger partial charge in [0.2, 0.25) is 0 Å². The van der Waals surface area contributed by atoms with E-state index in [0.717, 1.165) is 52.5 Å². The second kappa shape index (κ2) is 9.54. The summed E-state index contributed by atoms with van der Waals surface area (Å²) in [6.45, 7) is 3.63. The third-order valence-electron chi connectivity index (χ3n) is 6.36. The average Bonchev–Trinajstić information content (AvgIpc) is 3.26. The van der Waals surface area contributed by atoms with Crippen LogP contribution in [0.2, 0.25) is 0 Å². The molecule has 1 fully saturated rings. The van der Waals surface area contributed by atoms with E-state index in [4.69, 9.17) is 14.5 Å². The number of pyridine rings is 1. The van der Waals surface area contributed by atoms with Crippen molar-refractivity contribution in [2.75, 3.05) is 11.5 Å². The van der Waals surface area contributed by atoms with Crippen LogP contribution in [0, 0.1) is 6.92 Å². The minimum absolute atomic E-state index is 0.0617. The molecule has 1 aromatic carbocycles. The van der Waals surface area contributed by atoms with Gasteiger partial charge < -0.3 is 9.47 Å². The van der Waals surface area contributed by atoms with Crippen molar-refractivity contribution in [1.29, 1.82) is 0 Å². The molecule has 0 bridgehead atoms. The van der Waals surface area contributed by atoms with Crippen molar-refractivity contribution in [2.45, 2.75) is 58.1 Å². The van der Waals surface area contributed by atoms with Crippen LogP contribution < -0.4 is 9.64 Å². The monoisotopic (exact) mass is 477 g/mol. The van der Waals surface area contributed by atoms with E-state index in [1.807, 2.05) is 43.3 Å². The molecule has 3 aromatic rings. The van der Waals surface area contributed by atoms with Gasteiger partial charge in [0, 0.05) is 16.6 Å². The summed E-state index contributed by atoms with van der Waals surface area (Å²) in [6.07, 6.45) is 6.79. The van der Waals surface area contributed by atoms with Gasteiger partial charge in [-0.15, -0.1) is 11.3 Å². The molecular weight excluding hydrogens is 450 g/mol. The summed E-state index contributed by atoms with van der Waals surface area (Å²) in [4.78, 5) is 37.6. The van der Waals surface area contributed by atoms with Crippen LogP contribution in [0.3, 0.4) is 0 Å². The molecule has 34 heavy (non-hydrogen) atoms. The van der Waals surface area contributed by atoms with Gasteiger partial charge in [0.1, 0.15) is 22.9 Å². The van der Waals surface area contributed by atoms with Crippen LogP contribution >= 0.6 is 11.3 Å². The number of carbonyl (C=O) groups excluding carboxylic acids is 2. The predicted molar refractivity (Wildman–Crippen MR) is 131 cm³/mol. The zero-order valence-corrected chi connectivity index (χ0v) is 20.1. The Labute approximate surface area is 202 Å². The third kappa shape index (κ3) is 4.42. The van der Waals surface area contributed by atoms with Crippen molar-refractivity contribution >= 4 is 28.9 Å². The van der Waals surface area contributed by atoms with Crippen LogP contribution in [0.1, 0.15) is 43.9 Å². The first kappa shape index (κ1) is 22.5. The first-order chi connectivity index (χ1) is 16.5. The van der Waals surface area contributed by atoms with Crippen molar-refractivity contribution in [3.05, 3.63) is 47.5 Å². The Kier molecular flexibility index (Phi) is 6.32. The summed E-state index contributed by atoms with van der Waals surface area (Å²) < 4.78 is 11.4. The SMILES string of the molecule is Cc1sc(-c2ccccn2)nc1-c1ccc2c(c1)N(C(C)C(=O)OC1CCCCC1)C(=O)CO2. The lowest BCUT2D eigenvalue weighted by Gasteiger charge is -2.34. The van der Waals surface area contributed by atoms with Gasteiger partial charge in [0.15, 0.2) is 6.61 Å². The number of thiazole rings is 1. The lowest BCUT2D eigenvalue weighted by atomic mass is 9.98. The number of fused-ring (bicyclic) bond motifs is 1. The Morgan fingerprint density at radius 2 is 2.03 bits per heavy atom. The second-order valence-electron chi connectivity index (χ2n) is 8.75.